The monoisotopic (exact) mass is 305 g/mol. The third kappa shape index (κ3) is 1.81. The smallest absolute Gasteiger partial charge is 0.180 e. The Morgan fingerprint density at radius 3 is 2.90 bits per heavy atom. The van der Waals surface area contributed by atoms with Crippen LogP contribution in [0.15, 0.2) is 18.3 Å². The fraction of sp³-hybridized carbons (Fsp3) is 0.214. The highest BCUT2D eigenvalue weighted by Gasteiger charge is 2.22. The molecule has 0 unspecified atom stereocenters. The first-order valence-electron chi connectivity index (χ1n) is 6.32. The zero-order valence-corrected chi connectivity index (χ0v) is 11.9. The quantitative estimate of drug-likeness (QED) is 0.637. The Kier molecular flexibility index (Phi) is 2.72. The number of halogens is 2. The minimum absolute atomic E-state index is 0.379. The number of hydrogen-bond donors (Lipinski definition) is 0. The van der Waals surface area contributed by atoms with Crippen LogP contribution < -0.4 is 0 Å². The van der Waals surface area contributed by atoms with Gasteiger partial charge in [-0.05, 0) is 37.0 Å². The molecule has 0 fully saturated rings. The van der Waals surface area contributed by atoms with Crippen LogP contribution >= 0.6 is 22.9 Å². The lowest BCUT2D eigenvalue weighted by Gasteiger charge is -2.02. The summed E-state index contributed by atoms with van der Waals surface area (Å²) in [6.45, 7) is 0. The van der Waals surface area contributed by atoms with E-state index in [0.29, 0.717) is 16.7 Å². The average molecular weight is 306 g/mol. The zero-order chi connectivity index (χ0) is 13.7. The molecule has 100 valence electrons. The summed E-state index contributed by atoms with van der Waals surface area (Å²) in [6.07, 6.45) is 4.48. The molecule has 0 saturated carbocycles. The summed E-state index contributed by atoms with van der Waals surface area (Å²) in [6, 6.07) is 2.91. The van der Waals surface area contributed by atoms with Crippen molar-refractivity contribution < 1.29 is 4.39 Å². The summed E-state index contributed by atoms with van der Waals surface area (Å²) in [7, 11) is 0. The van der Waals surface area contributed by atoms with Crippen LogP contribution in [0.2, 0.25) is 5.15 Å². The minimum Gasteiger partial charge on any atom is -0.250 e. The Bertz CT molecular complexity index is 813. The molecule has 3 aromatic heterocycles. The van der Waals surface area contributed by atoms with Gasteiger partial charge in [0.05, 0.1) is 11.6 Å². The number of nitrogens with zero attached hydrogens (tertiary/aromatic N) is 3. The summed E-state index contributed by atoms with van der Waals surface area (Å²) in [5, 5.41) is 1.45. The van der Waals surface area contributed by atoms with Gasteiger partial charge in [-0.3, -0.25) is 0 Å². The Hall–Kier alpha value is -1.59. The number of pyridine rings is 1. The molecule has 0 aromatic carbocycles. The van der Waals surface area contributed by atoms with E-state index in [1.165, 1.54) is 22.9 Å². The Morgan fingerprint density at radius 2 is 2.10 bits per heavy atom. The van der Waals surface area contributed by atoms with Crippen molar-refractivity contribution in [3.05, 3.63) is 39.7 Å². The molecule has 1 aliphatic rings. The number of rotatable bonds is 1. The van der Waals surface area contributed by atoms with E-state index in [0.717, 1.165) is 29.3 Å². The molecular weight excluding hydrogens is 297 g/mol. The zero-order valence-electron chi connectivity index (χ0n) is 10.4. The average Bonchev–Trinajstić information content (AvgIpc) is 2.99. The molecule has 3 nitrogen and oxygen atoms in total. The molecule has 6 heteroatoms. The lowest BCUT2D eigenvalue weighted by Crippen LogP contribution is -1.93. The number of thiophene rings is 1. The summed E-state index contributed by atoms with van der Waals surface area (Å²) in [4.78, 5) is 15.1. The second-order valence-corrected chi connectivity index (χ2v) is 6.18. The van der Waals surface area contributed by atoms with Crippen LogP contribution in [-0.4, -0.2) is 15.0 Å². The highest BCUT2D eigenvalue weighted by molar-refractivity contribution is 7.19. The third-order valence-electron chi connectivity index (χ3n) is 3.48. The van der Waals surface area contributed by atoms with Crippen LogP contribution in [0, 0.1) is 5.82 Å². The Balaban J connectivity index is 1.92. The van der Waals surface area contributed by atoms with Crippen LogP contribution in [-0.2, 0) is 12.8 Å². The van der Waals surface area contributed by atoms with Gasteiger partial charge < -0.3 is 0 Å². The fourth-order valence-corrected chi connectivity index (χ4v) is 4.17. The Labute approximate surface area is 123 Å². The van der Waals surface area contributed by atoms with E-state index in [-0.39, 0.29) is 5.82 Å². The molecule has 0 N–H and O–H groups in total. The summed E-state index contributed by atoms with van der Waals surface area (Å²) in [5.74, 6) is 0.0680. The van der Waals surface area contributed by atoms with Crippen molar-refractivity contribution in [3.63, 3.8) is 0 Å². The highest BCUT2D eigenvalue weighted by atomic mass is 35.5. The van der Waals surface area contributed by atoms with Crippen molar-refractivity contribution in [1.82, 2.24) is 15.0 Å². The van der Waals surface area contributed by atoms with Crippen molar-refractivity contribution >= 4 is 33.2 Å². The summed E-state index contributed by atoms with van der Waals surface area (Å²) in [5.41, 5.74) is 1.83. The fourth-order valence-electron chi connectivity index (χ4n) is 2.57. The first-order chi connectivity index (χ1) is 9.72. The largest absolute Gasteiger partial charge is 0.250 e. The van der Waals surface area contributed by atoms with Gasteiger partial charge in [-0.2, -0.15) is 0 Å². The number of fused-ring (bicyclic) bond motifs is 3. The lowest BCUT2D eigenvalue weighted by atomic mass is 10.2. The normalized spacial score (nSPS) is 13.9. The van der Waals surface area contributed by atoms with Gasteiger partial charge in [-0.25, -0.2) is 19.3 Å². The third-order valence-corrected chi connectivity index (χ3v) is 4.94. The molecular formula is C14H9ClFN3S. The van der Waals surface area contributed by atoms with E-state index in [1.807, 2.05) is 0 Å². The SMILES string of the molecule is Fc1ccc(-c2nc(Cl)c3c4c(sc3n2)CCC4)nc1. The molecule has 0 aliphatic heterocycles. The van der Waals surface area contributed by atoms with Crippen LogP contribution in [0.5, 0.6) is 0 Å². The van der Waals surface area contributed by atoms with Gasteiger partial charge in [0.2, 0.25) is 0 Å². The molecule has 0 atom stereocenters. The van der Waals surface area contributed by atoms with Gasteiger partial charge in [0, 0.05) is 4.88 Å². The predicted molar refractivity (Wildman–Crippen MR) is 77.6 cm³/mol. The van der Waals surface area contributed by atoms with E-state index >= 15 is 0 Å². The van der Waals surface area contributed by atoms with Crippen LogP contribution in [0.3, 0.4) is 0 Å². The number of hydrogen-bond acceptors (Lipinski definition) is 4. The van der Waals surface area contributed by atoms with E-state index < -0.39 is 0 Å². The van der Waals surface area contributed by atoms with Gasteiger partial charge in [0.15, 0.2) is 5.82 Å². The lowest BCUT2D eigenvalue weighted by molar-refractivity contribution is 0.621. The van der Waals surface area contributed by atoms with Gasteiger partial charge in [-0.15, -0.1) is 11.3 Å². The summed E-state index contributed by atoms with van der Waals surface area (Å²) >= 11 is 8.00. The van der Waals surface area contributed by atoms with Crippen LogP contribution in [0.4, 0.5) is 4.39 Å². The number of aromatic nitrogens is 3. The van der Waals surface area contributed by atoms with Crippen molar-refractivity contribution in [2.75, 3.05) is 0 Å². The van der Waals surface area contributed by atoms with Crippen LogP contribution in [0.25, 0.3) is 21.7 Å². The molecule has 4 rings (SSSR count). The molecule has 3 aromatic rings. The van der Waals surface area contributed by atoms with Gasteiger partial charge in [0.1, 0.15) is 21.5 Å². The van der Waals surface area contributed by atoms with Gasteiger partial charge >= 0.3 is 0 Å². The first kappa shape index (κ1) is 12.2. The first-order valence-corrected chi connectivity index (χ1v) is 7.51. The second-order valence-electron chi connectivity index (χ2n) is 4.74. The second kappa shape index (κ2) is 4.46. The van der Waals surface area contributed by atoms with Crippen molar-refractivity contribution in [1.29, 1.82) is 0 Å². The summed E-state index contributed by atoms with van der Waals surface area (Å²) < 4.78 is 12.9. The maximum atomic E-state index is 12.9. The molecule has 0 spiro atoms. The molecule has 20 heavy (non-hydrogen) atoms. The molecule has 0 amide bonds. The van der Waals surface area contributed by atoms with Crippen molar-refractivity contribution in [2.24, 2.45) is 0 Å². The maximum Gasteiger partial charge on any atom is 0.180 e. The molecule has 0 bridgehead atoms. The van der Waals surface area contributed by atoms with E-state index in [2.05, 4.69) is 15.0 Å². The van der Waals surface area contributed by atoms with Crippen LogP contribution in [0.1, 0.15) is 16.9 Å². The van der Waals surface area contributed by atoms with Gasteiger partial charge in [0.25, 0.3) is 0 Å². The highest BCUT2D eigenvalue weighted by Crippen LogP contribution is 2.39. The van der Waals surface area contributed by atoms with E-state index in [1.54, 1.807) is 17.4 Å². The molecule has 3 heterocycles. The van der Waals surface area contributed by atoms with Crippen molar-refractivity contribution in [2.45, 2.75) is 19.3 Å². The molecule has 1 aliphatic carbocycles. The standard InChI is InChI=1S/C14H9ClFN3S/c15-12-11-8-2-1-3-10(8)20-14(11)19-13(18-12)9-5-4-7(16)6-17-9/h4-6H,1-3H2. The topological polar surface area (TPSA) is 38.7 Å². The van der Waals surface area contributed by atoms with E-state index in [4.69, 9.17) is 11.6 Å². The number of aryl methyl sites for hydroxylation is 2. The van der Waals surface area contributed by atoms with Crippen molar-refractivity contribution in [3.8, 4) is 11.5 Å². The van der Waals surface area contributed by atoms with Gasteiger partial charge in [-0.1, -0.05) is 11.6 Å². The Morgan fingerprint density at radius 1 is 1.20 bits per heavy atom. The minimum atomic E-state index is -0.379. The molecule has 0 saturated heterocycles. The van der Waals surface area contributed by atoms with E-state index in [9.17, 15) is 4.39 Å². The predicted octanol–water partition coefficient (Wildman–Crippen LogP) is 4.03. The maximum absolute atomic E-state index is 12.9. The molecule has 0 radical (unpaired) electrons.